The molecule has 3 heterocycles. The minimum atomic E-state index is -3.26. The van der Waals surface area contributed by atoms with Crippen molar-refractivity contribution < 1.29 is 18.6 Å². The van der Waals surface area contributed by atoms with E-state index in [0.717, 1.165) is 0 Å². The Bertz CT molecular complexity index is 1020. The highest BCUT2D eigenvalue weighted by molar-refractivity contribution is 8.23. The fraction of sp³-hybridized carbons (Fsp3) is 0.316. The lowest BCUT2D eigenvalue weighted by molar-refractivity contribution is 0.102. The maximum atomic E-state index is 12.5. The number of carbonyl (C=O) groups excluding carboxylic acids is 1. The minimum Gasteiger partial charge on any atom is -0.493 e. The number of hydrogen-bond acceptors (Lipinski definition) is 6. The standard InChI is InChI=1S/C19H22ClN5O4S/c1-19-13-9-12(23-17(26)14-5-3-11(20)10-22-14)4-6-15(13)29-8-7-16(19)30(27,28)25(2)18(21)24-19/h3-6,9-10,16,27-28H,7-8H2,1-2H3,(H2,21,24)(H,23,26)/t16-,19-/m1/s1. The molecule has 1 fully saturated rings. The molecule has 1 aromatic carbocycles. The summed E-state index contributed by atoms with van der Waals surface area (Å²) in [6.07, 6.45) is 1.78. The molecule has 0 radical (unpaired) electrons. The van der Waals surface area contributed by atoms with E-state index in [4.69, 9.17) is 21.7 Å². The van der Waals surface area contributed by atoms with Crippen molar-refractivity contribution in [2.75, 3.05) is 19.0 Å². The molecule has 5 N–H and O–H groups in total. The predicted molar refractivity (Wildman–Crippen MR) is 116 cm³/mol. The van der Waals surface area contributed by atoms with Crippen LogP contribution in [0.1, 0.15) is 29.4 Å². The van der Waals surface area contributed by atoms with E-state index in [0.29, 0.717) is 35.1 Å². The van der Waals surface area contributed by atoms with E-state index < -0.39 is 27.5 Å². The van der Waals surface area contributed by atoms with E-state index in [1.165, 1.54) is 23.6 Å². The number of halogens is 1. The number of ether oxygens (including phenoxy) is 1. The quantitative estimate of drug-likeness (QED) is 0.472. The van der Waals surface area contributed by atoms with Gasteiger partial charge in [-0.3, -0.25) is 19.3 Å². The van der Waals surface area contributed by atoms with Crippen LogP contribution in [-0.4, -0.2) is 49.2 Å². The van der Waals surface area contributed by atoms with Crippen LogP contribution in [0.25, 0.3) is 0 Å². The fourth-order valence-electron chi connectivity index (χ4n) is 3.85. The van der Waals surface area contributed by atoms with Gasteiger partial charge in [0.1, 0.15) is 11.4 Å². The van der Waals surface area contributed by atoms with E-state index in [1.807, 2.05) is 6.92 Å². The Labute approximate surface area is 180 Å². The lowest BCUT2D eigenvalue weighted by Crippen LogP contribution is -2.63. The number of nitrogens with zero attached hydrogens (tertiary/aromatic N) is 2. The number of pyridine rings is 1. The average Bonchev–Trinajstić information content (AvgIpc) is 2.84. The van der Waals surface area contributed by atoms with Gasteiger partial charge in [-0.2, -0.15) is 0 Å². The van der Waals surface area contributed by atoms with Gasteiger partial charge >= 0.3 is 0 Å². The van der Waals surface area contributed by atoms with Crippen LogP contribution in [0, 0.1) is 5.41 Å². The number of carbonyl (C=O) groups is 1. The molecule has 1 amide bonds. The van der Waals surface area contributed by atoms with E-state index in [1.54, 1.807) is 24.3 Å². The number of rotatable bonds is 2. The Morgan fingerprint density at radius 2 is 2.20 bits per heavy atom. The van der Waals surface area contributed by atoms with Crippen molar-refractivity contribution in [2.24, 2.45) is 0 Å². The van der Waals surface area contributed by atoms with Crippen LogP contribution >= 0.6 is 22.4 Å². The van der Waals surface area contributed by atoms with E-state index >= 15 is 0 Å². The maximum Gasteiger partial charge on any atom is 0.274 e. The monoisotopic (exact) mass is 451 g/mol. The number of benzene rings is 1. The third-order valence-corrected chi connectivity index (χ3v) is 8.20. The van der Waals surface area contributed by atoms with Crippen molar-refractivity contribution >= 4 is 39.9 Å². The molecule has 0 aliphatic carbocycles. The van der Waals surface area contributed by atoms with Gasteiger partial charge in [-0.15, -0.1) is 10.8 Å². The van der Waals surface area contributed by atoms with Gasteiger partial charge < -0.3 is 15.4 Å². The topological polar surface area (TPSA) is 131 Å². The SMILES string of the molecule is CN1C(=N)N[C@]2(C)c3cc(NC(=O)c4ccc(Cl)cn4)ccc3OCC[C@H]2S1(O)O. The molecular weight excluding hydrogens is 430 g/mol. The summed E-state index contributed by atoms with van der Waals surface area (Å²) in [5.41, 5.74) is 0.352. The van der Waals surface area contributed by atoms with Crippen LogP contribution in [0.4, 0.5) is 5.69 Å². The summed E-state index contributed by atoms with van der Waals surface area (Å²) in [6.45, 7) is 2.11. The van der Waals surface area contributed by atoms with Crippen LogP contribution in [0.15, 0.2) is 36.5 Å². The van der Waals surface area contributed by atoms with Gasteiger partial charge in [0.2, 0.25) is 5.96 Å². The van der Waals surface area contributed by atoms with Crippen LogP contribution in [0.5, 0.6) is 5.75 Å². The smallest absolute Gasteiger partial charge is 0.274 e. The van der Waals surface area contributed by atoms with Gasteiger partial charge in [0.05, 0.1) is 22.4 Å². The van der Waals surface area contributed by atoms with Gasteiger partial charge in [0.25, 0.3) is 5.91 Å². The molecule has 1 aromatic heterocycles. The molecule has 9 nitrogen and oxygen atoms in total. The second-order valence-corrected chi connectivity index (χ2v) is 10.1. The van der Waals surface area contributed by atoms with Crippen LogP contribution in [-0.2, 0) is 5.54 Å². The number of anilines is 1. The van der Waals surface area contributed by atoms with Crippen molar-refractivity contribution in [3.05, 3.63) is 52.8 Å². The summed E-state index contributed by atoms with van der Waals surface area (Å²) in [4.78, 5) is 16.6. The van der Waals surface area contributed by atoms with Crippen molar-refractivity contribution in [1.29, 1.82) is 5.41 Å². The summed E-state index contributed by atoms with van der Waals surface area (Å²) in [7, 11) is -1.78. The molecule has 2 atom stereocenters. The Morgan fingerprint density at radius 3 is 2.90 bits per heavy atom. The van der Waals surface area contributed by atoms with Crippen molar-refractivity contribution in [2.45, 2.75) is 24.1 Å². The maximum absolute atomic E-state index is 12.5. The van der Waals surface area contributed by atoms with E-state index in [-0.39, 0.29) is 11.7 Å². The predicted octanol–water partition coefficient (Wildman–Crippen LogP) is 3.49. The first-order chi connectivity index (χ1) is 14.1. The average molecular weight is 452 g/mol. The lowest BCUT2D eigenvalue weighted by Gasteiger charge is -2.57. The summed E-state index contributed by atoms with van der Waals surface area (Å²) in [5, 5.41) is 13.9. The third-order valence-electron chi connectivity index (χ3n) is 5.52. The molecule has 1 saturated heterocycles. The number of amides is 1. The molecule has 0 spiro atoms. The minimum absolute atomic E-state index is 0.0959. The van der Waals surface area contributed by atoms with Crippen molar-refractivity contribution in [1.82, 2.24) is 14.6 Å². The number of hydrogen-bond donors (Lipinski definition) is 5. The summed E-state index contributed by atoms with van der Waals surface area (Å²) in [5.74, 6) is 0.0558. The molecule has 0 saturated carbocycles. The molecule has 2 aromatic rings. The molecule has 2 aliphatic rings. The zero-order chi connectivity index (χ0) is 21.7. The zero-order valence-electron chi connectivity index (χ0n) is 16.3. The molecule has 30 heavy (non-hydrogen) atoms. The number of guanidine groups is 1. The largest absolute Gasteiger partial charge is 0.493 e. The lowest BCUT2D eigenvalue weighted by atomic mass is 9.86. The van der Waals surface area contributed by atoms with Crippen molar-refractivity contribution in [3.63, 3.8) is 0 Å². The van der Waals surface area contributed by atoms with E-state index in [2.05, 4.69) is 15.6 Å². The first-order valence-corrected chi connectivity index (χ1v) is 11.2. The van der Waals surface area contributed by atoms with Gasteiger partial charge in [-0.25, -0.2) is 9.29 Å². The molecule has 160 valence electrons. The highest BCUT2D eigenvalue weighted by atomic mass is 35.5. The van der Waals surface area contributed by atoms with Gasteiger partial charge in [-0.1, -0.05) is 11.6 Å². The third kappa shape index (κ3) is 3.35. The number of nitrogens with one attached hydrogen (secondary N) is 3. The normalized spacial score (nSPS) is 25.7. The summed E-state index contributed by atoms with van der Waals surface area (Å²) in [6, 6.07) is 8.26. The first kappa shape index (κ1) is 20.7. The Morgan fingerprint density at radius 1 is 1.43 bits per heavy atom. The van der Waals surface area contributed by atoms with Gasteiger partial charge in [0.15, 0.2) is 0 Å². The molecular formula is C19H22ClN5O4S. The first-order valence-electron chi connectivity index (χ1n) is 9.21. The summed E-state index contributed by atoms with van der Waals surface area (Å²) < 4.78 is 28.7. The highest BCUT2D eigenvalue weighted by Gasteiger charge is 2.53. The van der Waals surface area contributed by atoms with Crippen LogP contribution in [0.2, 0.25) is 5.02 Å². The van der Waals surface area contributed by atoms with E-state index in [9.17, 15) is 13.9 Å². The molecule has 2 aliphatic heterocycles. The van der Waals surface area contributed by atoms with Crippen molar-refractivity contribution in [3.8, 4) is 5.75 Å². The Balaban J connectivity index is 1.71. The zero-order valence-corrected chi connectivity index (χ0v) is 17.9. The molecule has 0 unspecified atom stereocenters. The number of aromatic nitrogens is 1. The highest BCUT2D eigenvalue weighted by Crippen LogP contribution is 2.59. The van der Waals surface area contributed by atoms with Crippen LogP contribution in [0.3, 0.4) is 0 Å². The number of fused-ring (bicyclic) bond motifs is 3. The molecule has 4 rings (SSSR count). The summed E-state index contributed by atoms with van der Waals surface area (Å²) >= 11 is 5.82. The second-order valence-electron chi connectivity index (χ2n) is 7.39. The molecule has 11 heteroatoms. The molecule has 0 bridgehead atoms. The van der Waals surface area contributed by atoms with Gasteiger partial charge in [0, 0.05) is 30.9 Å². The van der Waals surface area contributed by atoms with Crippen LogP contribution < -0.4 is 15.4 Å². The second kappa shape index (κ2) is 7.31. The van der Waals surface area contributed by atoms with Gasteiger partial charge in [-0.05, 0) is 37.3 Å². The Hall–Kier alpha value is -2.53. The fourth-order valence-corrected chi connectivity index (χ4v) is 5.89. The Kier molecular flexibility index (Phi) is 5.05.